The molecule has 4 rings (SSSR count). The average molecular weight is 469 g/mol. The predicted octanol–water partition coefficient (Wildman–Crippen LogP) is 3.86. The lowest BCUT2D eigenvalue weighted by Gasteiger charge is -2.33. The molecular formula is C25H29FN4O2S. The second kappa shape index (κ2) is 10.9. The third-order valence-electron chi connectivity index (χ3n) is 5.87. The molecule has 1 unspecified atom stereocenters. The molecule has 1 amide bonds. The monoisotopic (exact) mass is 468 g/mol. The van der Waals surface area contributed by atoms with Crippen LogP contribution in [0.1, 0.15) is 18.1 Å². The molecule has 0 spiro atoms. The molecule has 1 aliphatic heterocycles. The van der Waals surface area contributed by atoms with Gasteiger partial charge in [-0.1, -0.05) is 24.3 Å². The smallest absolute Gasteiger partial charge is 0.207 e. The first-order valence-corrected chi connectivity index (χ1v) is 12.0. The second-order valence-corrected chi connectivity index (χ2v) is 9.10. The molecule has 1 aromatic heterocycles. The molecule has 174 valence electrons. The number of ether oxygens (including phenoxy) is 1. The van der Waals surface area contributed by atoms with E-state index in [-0.39, 0.29) is 5.82 Å². The predicted molar refractivity (Wildman–Crippen MR) is 129 cm³/mol. The SMILES string of the molecule is Cc1cc(N=c2scc(-c3ccc(CN4CCOCC4C)cc3)n2CCNC=O)ccc1F. The van der Waals surface area contributed by atoms with E-state index in [0.717, 1.165) is 42.4 Å². The Hall–Kier alpha value is -2.81. The van der Waals surface area contributed by atoms with Crippen LogP contribution in [-0.2, 0) is 22.6 Å². The van der Waals surface area contributed by atoms with Gasteiger partial charge in [0.2, 0.25) is 6.41 Å². The van der Waals surface area contributed by atoms with Crippen molar-refractivity contribution in [1.82, 2.24) is 14.8 Å². The topological polar surface area (TPSA) is 58.9 Å². The second-order valence-electron chi connectivity index (χ2n) is 8.26. The number of carbonyl (C=O) groups excluding carboxylic acids is 1. The van der Waals surface area contributed by atoms with Crippen LogP contribution in [0.25, 0.3) is 11.3 Å². The highest BCUT2D eigenvalue weighted by atomic mass is 32.1. The Morgan fingerprint density at radius 3 is 2.82 bits per heavy atom. The van der Waals surface area contributed by atoms with Crippen molar-refractivity contribution in [3.8, 4) is 11.3 Å². The Morgan fingerprint density at radius 1 is 1.27 bits per heavy atom. The Labute approximate surface area is 197 Å². The summed E-state index contributed by atoms with van der Waals surface area (Å²) in [5, 5.41) is 4.81. The van der Waals surface area contributed by atoms with Gasteiger partial charge in [0.25, 0.3) is 0 Å². The lowest BCUT2D eigenvalue weighted by molar-refractivity contribution is -0.109. The summed E-state index contributed by atoms with van der Waals surface area (Å²) in [6.45, 7) is 8.43. The minimum Gasteiger partial charge on any atom is -0.379 e. The van der Waals surface area contributed by atoms with Gasteiger partial charge in [-0.3, -0.25) is 9.69 Å². The Bertz CT molecular complexity index is 1160. The fourth-order valence-corrected chi connectivity index (χ4v) is 4.88. The molecule has 0 radical (unpaired) electrons. The number of hydrogen-bond acceptors (Lipinski definition) is 5. The zero-order valence-corrected chi connectivity index (χ0v) is 19.8. The molecule has 0 bridgehead atoms. The zero-order valence-electron chi connectivity index (χ0n) is 19.0. The van der Waals surface area contributed by atoms with Gasteiger partial charge in [0.05, 0.1) is 24.6 Å². The number of rotatable bonds is 8. The zero-order chi connectivity index (χ0) is 23.2. The van der Waals surface area contributed by atoms with E-state index < -0.39 is 0 Å². The Balaban J connectivity index is 1.61. The molecule has 1 aliphatic rings. The van der Waals surface area contributed by atoms with Crippen molar-refractivity contribution in [1.29, 1.82) is 0 Å². The first-order valence-electron chi connectivity index (χ1n) is 11.1. The molecule has 0 saturated carbocycles. The van der Waals surface area contributed by atoms with Crippen LogP contribution in [0.3, 0.4) is 0 Å². The van der Waals surface area contributed by atoms with Gasteiger partial charge in [-0.2, -0.15) is 0 Å². The first-order chi connectivity index (χ1) is 16.0. The van der Waals surface area contributed by atoms with Crippen LogP contribution in [0.15, 0.2) is 52.8 Å². The summed E-state index contributed by atoms with van der Waals surface area (Å²) in [6, 6.07) is 13.9. The van der Waals surface area contributed by atoms with E-state index in [0.29, 0.717) is 36.8 Å². The van der Waals surface area contributed by atoms with Crippen LogP contribution in [0.4, 0.5) is 10.1 Å². The maximum absolute atomic E-state index is 13.7. The van der Waals surface area contributed by atoms with Gasteiger partial charge in [-0.15, -0.1) is 11.3 Å². The number of benzene rings is 2. The first kappa shape index (κ1) is 23.4. The molecular weight excluding hydrogens is 439 g/mol. The number of halogens is 1. The molecule has 1 N–H and O–H groups in total. The molecule has 3 aromatic rings. The van der Waals surface area contributed by atoms with Gasteiger partial charge in [0.1, 0.15) is 5.82 Å². The number of hydrogen-bond donors (Lipinski definition) is 1. The Kier molecular flexibility index (Phi) is 7.69. The molecule has 1 fully saturated rings. The number of thiazole rings is 1. The van der Waals surface area contributed by atoms with Crippen molar-refractivity contribution in [2.75, 3.05) is 26.3 Å². The number of nitrogens with zero attached hydrogens (tertiary/aromatic N) is 3. The summed E-state index contributed by atoms with van der Waals surface area (Å²) >= 11 is 1.53. The van der Waals surface area contributed by atoms with Crippen LogP contribution in [0.5, 0.6) is 0 Å². The molecule has 2 aromatic carbocycles. The van der Waals surface area contributed by atoms with Gasteiger partial charge < -0.3 is 14.6 Å². The van der Waals surface area contributed by atoms with Crippen molar-refractivity contribution >= 4 is 23.4 Å². The highest BCUT2D eigenvalue weighted by molar-refractivity contribution is 7.07. The van der Waals surface area contributed by atoms with Gasteiger partial charge in [0.15, 0.2) is 4.80 Å². The maximum atomic E-state index is 13.7. The van der Waals surface area contributed by atoms with Gasteiger partial charge in [0, 0.05) is 37.6 Å². The third-order valence-corrected chi connectivity index (χ3v) is 6.73. The van der Waals surface area contributed by atoms with E-state index in [2.05, 4.69) is 51.4 Å². The molecule has 1 atom stereocenters. The minimum absolute atomic E-state index is 0.240. The van der Waals surface area contributed by atoms with Gasteiger partial charge in [-0.05, 0) is 48.7 Å². The maximum Gasteiger partial charge on any atom is 0.207 e. The van der Waals surface area contributed by atoms with Crippen molar-refractivity contribution < 1.29 is 13.9 Å². The van der Waals surface area contributed by atoms with Crippen molar-refractivity contribution in [2.24, 2.45) is 4.99 Å². The standard InChI is InChI=1S/C25H29FN4O2S/c1-18-13-22(7-8-23(18)26)28-25-30(10-9-27-17-31)24(16-33-25)21-5-3-20(4-6-21)14-29-11-12-32-15-19(29)2/h3-8,13,16-17,19H,9-12,14-15H2,1-2H3,(H,27,31). The lowest BCUT2D eigenvalue weighted by Crippen LogP contribution is -2.42. The van der Waals surface area contributed by atoms with Crippen LogP contribution in [0.2, 0.25) is 0 Å². The van der Waals surface area contributed by atoms with E-state index >= 15 is 0 Å². The highest BCUT2D eigenvalue weighted by Gasteiger charge is 2.18. The van der Waals surface area contributed by atoms with E-state index in [4.69, 9.17) is 9.73 Å². The molecule has 0 aliphatic carbocycles. The number of carbonyl (C=O) groups is 1. The Morgan fingerprint density at radius 2 is 2.09 bits per heavy atom. The lowest BCUT2D eigenvalue weighted by atomic mass is 10.1. The molecule has 8 heteroatoms. The third kappa shape index (κ3) is 5.76. The summed E-state index contributed by atoms with van der Waals surface area (Å²) in [6.07, 6.45) is 0.703. The number of aromatic nitrogens is 1. The van der Waals surface area contributed by atoms with Crippen molar-refractivity contribution in [3.63, 3.8) is 0 Å². The molecule has 1 saturated heterocycles. The van der Waals surface area contributed by atoms with Crippen LogP contribution >= 0.6 is 11.3 Å². The summed E-state index contributed by atoms with van der Waals surface area (Å²) in [5.41, 5.74) is 4.66. The van der Waals surface area contributed by atoms with Crippen molar-refractivity contribution in [3.05, 3.63) is 69.6 Å². The number of aryl methyl sites for hydroxylation is 1. The van der Waals surface area contributed by atoms with E-state index in [1.807, 2.05) is 0 Å². The quantitative estimate of drug-likeness (QED) is 0.403. The van der Waals surface area contributed by atoms with E-state index in [1.165, 1.54) is 23.0 Å². The summed E-state index contributed by atoms with van der Waals surface area (Å²) < 4.78 is 21.3. The highest BCUT2D eigenvalue weighted by Crippen LogP contribution is 2.23. The molecule has 2 heterocycles. The summed E-state index contributed by atoms with van der Waals surface area (Å²) in [5.74, 6) is -0.240. The van der Waals surface area contributed by atoms with Crippen LogP contribution in [-0.4, -0.2) is 48.2 Å². The number of nitrogens with one attached hydrogen (secondary N) is 1. The van der Waals surface area contributed by atoms with E-state index in [1.54, 1.807) is 19.1 Å². The minimum atomic E-state index is -0.240. The van der Waals surface area contributed by atoms with Crippen molar-refractivity contribution in [2.45, 2.75) is 33.0 Å². The van der Waals surface area contributed by atoms with Gasteiger partial charge >= 0.3 is 0 Å². The van der Waals surface area contributed by atoms with Crippen LogP contribution in [0, 0.1) is 12.7 Å². The largest absolute Gasteiger partial charge is 0.379 e. The number of amides is 1. The average Bonchev–Trinajstić information content (AvgIpc) is 3.21. The number of morpholine rings is 1. The summed E-state index contributed by atoms with van der Waals surface area (Å²) in [7, 11) is 0. The van der Waals surface area contributed by atoms with E-state index in [9.17, 15) is 9.18 Å². The fourth-order valence-electron chi connectivity index (χ4n) is 3.92. The molecule has 6 nitrogen and oxygen atoms in total. The normalized spacial score (nSPS) is 17.3. The summed E-state index contributed by atoms with van der Waals surface area (Å²) in [4.78, 5) is 18.8. The molecule has 33 heavy (non-hydrogen) atoms. The van der Waals surface area contributed by atoms with Gasteiger partial charge in [-0.25, -0.2) is 9.38 Å². The fraction of sp³-hybridized carbons (Fsp3) is 0.360. The van der Waals surface area contributed by atoms with Crippen LogP contribution < -0.4 is 10.1 Å².